The molecule has 3 rings (SSSR count). The van der Waals surface area contributed by atoms with E-state index in [4.69, 9.17) is 4.74 Å². The first kappa shape index (κ1) is 15.5. The molecule has 3 aromatic rings. The van der Waals surface area contributed by atoms with Crippen LogP contribution < -0.4 is 10.2 Å². The number of nitrogens with one attached hydrogen (secondary N) is 2. The first-order valence-electron chi connectivity index (χ1n) is 7.35. The minimum absolute atomic E-state index is 0.339. The van der Waals surface area contributed by atoms with E-state index in [-0.39, 0.29) is 5.91 Å². The highest BCUT2D eigenvalue weighted by Crippen LogP contribution is 2.17. The fourth-order valence-electron chi connectivity index (χ4n) is 2.19. The molecule has 0 radical (unpaired) electrons. The third kappa shape index (κ3) is 3.49. The van der Waals surface area contributed by atoms with Gasteiger partial charge in [0.15, 0.2) is 0 Å². The Morgan fingerprint density at radius 1 is 1.17 bits per heavy atom. The highest BCUT2D eigenvalue weighted by molar-refractivity contribution is 5.94. The lowest BCUT2D eigenvalue weighted by Gasteiger charge is -2.02. The highest BCUT2D eigenvalue weighted by atomic mass is 16.5. The van der Waals surface area contributed by atoms with E-state index in [0.717, 1.165) is 11.1 Å². The lowest BCUT2D eigenvalue weighted by atomic mass is 10.1. The number of nitrogens with zero attached hydrogens (tertiary/aromatic N) is 2. The number of carbonyl (C=O) groups excluding carboxylic acids is 1. The molecule has 2 N–H and O–H groups in total. The summed E-state index contributed by atoms with van der Waals surface area (Å²) in [5.41, 5.74) is 5.22. The molecular formula is C18H16N4O2. The summed E-state index contributed by atoms with van der Waals surface area (Å²) in [5, 5.41) is 10.8. The molecule has 0 bridgehead atoms. The van der Waals surface area contributed by atoms with Crippen LogP contribution in [-0.4, -0.2) is 29.4 Å². The molecule has 0 saturated heterocycles. The van der Waals surface area contributed by atoms with Gasteiger partial charge in [0.1, 0.15) is 11.4 Å². The number of hydrogen-bond acceptors (Lipinski definition) is 4. The van der Waals surface area contributed by atoms with Crippen molar-refractivity contribution in [3.8, 4) is 17.0 Å². The zero-order valence-corrected chi connectivity index (χ0v) is 13.1. The monoisotopic (exact) mass is 320 g/mol. The van der Waals surface area contributed by atoms with Crippen LogP contribution in [0.25, 0.3) is 11.3 Å². The maximum atomic E-state index is 12.1. The topological polar surface area (TPSA) is 79.4 Å². The lowest BCUT2D eigenvalue weighted by molar-refractivity contribution is 0.0950. The number of methoxy groups -OCH3 is 1. The van der Waals surface area contributed by atoms with Crippen molar-refractivity contribution in [2.45, 2.75) is 0 Å². The molecule has 0 unspecified atom stereocenters. The number of ether oxygens (including phenoxy) is 1. The summed E-state index contributed by atoms with van der Waals surface area (Å²) in [5.74, 6) is 0.319. The Morgan fingerprint density at radius 2 is 1.92 bits per heavy atom. The van der Waals surface area contributed by atoms with E-state index in [1.54, 1.807) is 13.2 Å². The standard InChI is InChI=1S/C18H16N4O2/c1-24-17-10-6-5-9-14(17)12-19-22-18(23)16-11-15(20-21-16)13-7-3-2-4-8-13/h2-12H,1H3,(H,20,21)(H,22,23)/b19-12+. The predicted molar refractivity (Wildman–Crippen MR) is 92.1 cm³/mol. The van der Waals surface area contributed by atoms with Gasteiger partial charge in [0.2, 0.25) is 0 Å². The highest BCUT2D eigenvalue weighted by Gasteiger charge is 2.10. The average Bonchev–Trinajstić information content (AvgIpc) is 3.13. The van der Waals surface area contributed by atoms with Gasteiger partial charge in [-0.05, 0) is 18.2 Å². The zero-order chi connectivity index (χ0) is 16.8. The van der Waals surface area contributed by atoms with Gasteiger partial charge in [-0.3, -0.25) is 9.89 Å². The van der Waals surface area contributed by atoms with E-state index in [1.165, 1.54) is 6.21 Å². The third-order valence-electron chi connectivity index (χ3n) is 3.40. The Morgan fingerprint density at radius 3 is 2.71 bits per heavy atom. The van der Waals surface area contributed by atoms with E-state index < -0.39 is 0 Å². The van der Waals surface area contributed by atoms with Crippen LogP contribution in [0.1, 0.15) is 16.1 Å². The number of aromatic amines is 1. The van der Waals surface area contributed by atoms with Gasteiger partial charge in [-0.1, -0.05) is 42.5 Å². The second kappa shape index (κ2) is 7.23. The van der Waals surface area contributed by atoms with Crippen LogP contribution in [-0.2, 0) is 0 Å². The molecule has 0 saturated carbocycles. The fourth-order valence-corrected chi connectivity index (χ4v) is 2.19. The maximum absolute atomic E-state index is 12.1. The van der Waals surface area contributed by atoms with Crippen molar-refractivity contribution in [1.82, 2.24) is 15.6 Å². The Hall–Kier alpha value is -3.41. The normalized spacial score (nSPS) is 10.7. The smallest absolute Gasteiger partial charge is 0.289 e. The first-order chi connectivity index (χ1) is 11.8. The average molecular weight is 320 g/mol. The first-order valence-corrected chi connectivity index (χ1v) is 7.35. The number of hydrazone groups is 1. The molecule has 24 heavy (non-hydrogen) atoms. The van der Waals surface area contributed by atoms with E-state index in [9.17, 15) is 4.79 Å². The summed E-state index contributed by atoms with van der Waals surface area (Å²) in [6.45, 7) is 0. The van der Waals surface area contributed by atoms with E-state index in [0.29, 0.717) is 17.1 Å². The molecule has 0 fully saturated rings. The van der Waals surface area contributed by atoms with Crippen LogP contribution in [0.15, 0.2) is 65.8 Å². The quantitative estimate of drug-likeness (QED) is 0.560. The van der Waals surface area contributed by atoms with Crippen molar-refractivity contribution in [2.24, 2.45) is 5.10 Å². The Labute approximate surface area is 139 Å². The predicted octanol–water partition coefficient (Wildman–Crippen LogP) is 2.85. The van der Waals surface area contributed by atoms with E-state index >= 15 is 0 Å². The van der Waals surface area contributed by atoms with Crippen LogP contribution in [0.2, 0.25) is 0 Å². The molecule has 120 valence electrons. The van der Waals surface area contributed by atoms with Crippen LogP contribution in [0.4, 0.5) is 0 Å². The van der Waals surface area contributed by atoms with Crippen LogP contribution in [0.5, 0.6) is 5.75 Å². The molecule has 1 amide bonds. The molecule has 2 aromatic carbocycles. The van der Waals surface area contributed by atoms with Crippen molar-refractivity contribution in [2.75, 3.05) is 7.11 Å². The second-order valence-electron chi connectivity index (χ2n) is 4.97. The molecule has 0 spiro atoms. The number of para-hydroxylation sites is 1. The van der Waals surface area contributed by atoms with E-state index in [2.05, 4.69) is 20.7 Å². The van der Waals surface area contributed by atoms with Gasteiger partial charge in [0.25, 0.3) is 5.91 Å². The summed E-state index contributed by atoms with van der Waals surface area (Å²) in [6.07, 6.45) is 1.53. The molecule has 0 aliphatic heterocycles. The van der Waals surface area contributed by atoms with Gasteiger partial charge in [-0.25, -0.2) is 5.43 Å². The molecule has 0 aliphatic rings. The zero-order valence-electron chi connectivity index (χ0n) is 13.1. The largest absolute Gasteiger partial charge is 0.496 e. The van der Waals surface area contributed by atoms with Gasteiger partial charge in [0, 0.05) is 11.1 Å². The van der Waals surface area contributed by atoms with Crippen molar-refractivity contribution >= 4 is 12.1 Å². The molecular weight excluding hydrogens is 304 g/mol. The van der Waals surface area contributed by atoms with E-state index in [1.807, 2.05) is 54.6 Å². The number of hydrogen-bond donors (Lipinski definition) is 2. The molecule has 0 aliphatic carbocycles. The van der Waals surface area contributed by atoms with Gasteiger partial charge in [0.05, 0.1) is 19.0 Å². The van der Waals surface area contributed by atoms with Gasteiger partial charge < -0.3 is 4.74 Å². The number of benzene rings is 2. The minimum atomic E-state index is -0.365. The molecule has 1 aromatic heterocycles. The minimum Gasteiger partial charge on any atom is -0.496 e. The third-order valence-corrected chi connectivity index (χ3v) is 3.40. The summed E-state index contributed by atoms with van der Waals surface area (Å²) in [7, 11) is 1.58. The molecule has 6 nitrogen and oxygen atoms in total. The lowest BCUT2D eigenvalue weighted by Crippen LogP contribution is -2.18. The summed E-state index contributed by atoms with van der Waals surface area (Å²) in [4.78, 5) is 12.1. The van der Waals surface area contributed by atoms with Gasteiger partial charge in [-0.2, -0.15) is 10.2 Å². The Kier molecular flexibility index (Phi) is 4.67. The van der Waals surface area contributed by atoms with Crippen molar-refractivity contribution in [3.05, 3.63) is 71.9 Å². The summed E-state index contributed by atoms with van der Waals surface area (Å²) >= 11 is 0. The maximum Gasteiger partial charge on any atom is 0.289 e. The summed E-state index contributed by atoms with van der Waals surface area (Å²) < 4.78 is 5.22. The van der Waals surface area contributed by atoms with Crippen molar-refractivity contribution < 1.29 is 9.53 Å². The number of H-pyrrole nitrogens is 1. The summed E-state index contributed by atoms with van der Waals surface area (Å²) in [6, 6.07) is 18.7. The number of amides is 1. The number of rotatable bonds is 5. The number of aromatic nitrogens is 2. The Balaban J connectivity index is 1.68. The van der Waals surface area contributed by atoms with Crippen LogP contribution in [0.3, 0.4) is 0 Å². The molecule has 0 atom stereocenters. The van der Waals surface area contributed by atoms with Gasteiger partial charge >= 0.3 is 0 Å². The fraction of sp³-hybridized carbons (Fsp3) is 0.0556. The van der Waals surface area contributed by atoms with Crippen molar-refractivity contribution in [1.29, 1.82) is 0 Å². The van der Waals surface area contributed by atoms with Crippen LogP contribution in [0, 0.1) is 0 Å². The SMILES string of the molecule is COc1ccccc1/C=N/NC(=O)c1cc(-c2ccccc2)n[nH]1. The van der Waals surface area contributed by atoms with Crippen molar-refractivity contribution in [3.63, 3.8) is 0 Å². The number of carbonyl (C=O) groups is 1. The second-order valence-corrected chi connectivity index (χ2v) is 4.97. The van der Waals surface area contributed by atoms with Crippen LogP contribution >= 0.6 is 0 Å². The van der Waals surface area contributed by atoms with Gasteiger partial charge in [-0.15, -0.1) is 0 Å². The molecule has 6 heteroatoms. The Bertz CT molecular complexity index is 856. The molecule has 1 heterocycles.